The predicted octanol–water partition coefficient (Wildman–Crippen LogP) is 6.95. The molecule has 0 spiro atoms. The van der Waals surface area contributed by atoms with Crippen LogP contribution in [0.25, 0.3) is 0 Å². The number of hydrogen-bond acceptors (Lipinski definition) is 9. The molecule has 3 aromatic rings. The number of ether oxygens (including phenoxy) is 1. The maximum Gasteiger partial charge on any atom is 0.229 e. The molecule has 266 valence electrons. The van der Waals surface area contributed by atoms with Gasteiger partial charge in [0.15, 0.2) is 9.84 Å². The molecule has 12 heteroatoms. The summed E-state index contributed by atoms with van der Waals surface area (Å²) in [6.07, 6.45) is 6.72. The molecule has 1 saturated heterocycles. The van der Waals surface area contributed by atoms with Gasteiger partial charge in [0, 0.05) is 44.7 Å². The molecule has 11 nitrogen and oxygen atoms in total. The average molecular weight is 693 g/mol. The lowest BCUT2D eigenvalue weighted by molar-refractivity contribution is -0.131. The Bertz CT molecular complexity index is 1730. The highest BCUT2D eigenvalue weighted by Crippen LogP contribution is 2.38. The Kier molecular flexibility index (Phi) is 13.0. The van der Waals surface area contributed by atoms with Gasteiger partial charge in [0.2, 0.25) is 17.8 Å². The molecular weight excluding hydrogens is 641 g/mol. The van der Waals surface area contributed by atoms with E-state index in [2.05, 4.69) is 40.0 Å². The number of aryl methyl sites for hydroxylation is 2. The number of unbranched alkanes of at least 4 members (excludes halogenated alkanes) is 1. The topological polar surface area (TPSA) is 143 Å². The molecule has 0 aliphatic carbocycles. The molecule has 0 bridgehead atoms. The van der Waals surface area contributed by atoms with Crippen LogP contribution in [-0.2, 0) is 19.4 Å². The van der Waals surface area contributed by atoms with Gasteiger partial charge >= 0.3 is 0 Å². The van der Waals surface area contributed by atoms with Gasteiger partial charge in [0.05, 0.1) is 27.6 Å². The molecule has 1 aliphatic rings. The molecule has 2 aromatic carbocycles. The molecular formula is C37H52N6O5S. The second-order valence-electron chi connectivity index (χ2n) is 13.3. The Morgan fingerprint density at radius 1 is 0.959 bits per heavy atom. The summed E-state index contributed by atoms with van der Waals surface area (Å²) >= 11 is 0. The zero-order valence-corrected chi connectivity index (χ0v) is 30.7. The number of likely N-dealkylation sites (tertiary alicyclic amines) is 1. The molecule has 1 fully saturated rings. The van der Waals surface area contributed by atoms with E-state index >= 15 is 0 Å². The van der Waals surface area contributed by atoms with Gasteiger partial charge in [-0.1, -0.05) is 12.1 Å². The number of carbonyl (C=O) groups is 2. The molecule has 3 N–H and O–H groups in total. The van der Waals surface area contributed by atoms with Crippen molar-refractivity contribution in [3.63, 3.8) is 0 Å². The average Bonchev–Trinajstić information content (AvgIpc) is 3.32. The number of para-hydroxylation sites is 1. The highest BCUT2D eigenvalue weighted by Gasteiger charge is 2.25. The van der Waals surface area contributed by atoms with E-state index in [0.717, 1.165) is 42.6 Å². The highest BCUT2D eigenvalue weighted by atomic mass is 32.2. The van der Waals surface area contributed by atoms with Crippen LogP contribution in [0.15, 0.2) is 47.5 Å². The predicted molar refractivity (Wildman–Crippen MR) is 195 cm³/mol. The lowest BCUT2D eigenvalue weighted by Gasteiger charge is -2.23. The number of rotatable bonds is 14. The van der Waals surface area contributed by atoms with E-state index in [1.54, 1.807) is 51.4 Å². The highest BCUT2D eigenvalue weighted by molar-refractivity contribution is 7.92. The summed E-state index contributed by atoms with van der Waals surface area (Å²) in [5, 5.41) is 8.64. The largest absolute Gasteiger partial charge is 0.489 e. The molecule has 2 heterocycles. The fraction of sp³-hybridized carbons (Fsp3) is 0.514. The van der Waals surface area contributed by atoms with E-state index in [4.69, 9.17) is 9.72 Å². The molecule has 49 heavy (non-hydrogen) atoms. The summed E-state index contributed by atoms with van der Waals surface area (Å²) in [5.41, 5.74) is 4.26. The fourth-order valence-electron chi connectivity index (χ4n) is 6.04. The lowest BCUT2D eigenvalue weighted by Crippen LogP contribution is -2.31. The van der Waals surface area contributed by atoms with E-state index in [1.807, 2.05) is 25.7 Å². The molecule has 0 saturated carbocycles. The Balaban J connectivity index is 1.52. The summed E-state index contributed by atoms with van der Waals surface area (Å²) in [4.78, 5) is 35.9. The van der Waals surface area contributed by atoms with E-state index in [1.165, 1.54) is 5.56 Å². The normalized spacial score (nSPS) is 15.2. The first-order chi connectivity index (χ1) is 23.3. The number of benzene rings is 2. The Hall–Kier alpha value is -4.19. The van der Waals surface area contributed by atoms with Crippen molar-refractivity contribution in [2.24, 2.45) is 0 Å². The van der Waals surface area contributed by atoms with Crippen molar-refractivity contribution in [3.05, 3.63) is 59.3 Å². The number of nitrogens with one attached hydrogen (secondary N) is 3. The summed E-state index contributed by atoms with van der Waals surface area (Å²) in [6.45, 7) is 12.7. The van der Waals surface area contributed by atoms with Gasteiger partial charge in [-0.2, -0.15) is 4.98 Å². The SMILES string of the molecule is CNC(=O)CCCCC(=O)N1CCCC(c2cc(OC(C)C)c(Nc3ncc(C)c(Nc4ccccc4S(=O)(=O)C(C)C)n3)cc2C)CC1. The fourth-order valence-corrected chi connectivity index (χ4v) is 7.24. The third kappa shape index (κ3) is 9.93. The van der Waals surface area contributed by atoms with Crippen LogP contribution >= 0.6 is 0 Å². The zero-order chi connectivity index (χ0) is 35.7. The van der Waals surface area contributed by atoms with Gasteiger partial charge in [-0.3, -0.25) is 9.59 Å². The van der Waals surface area contributed by atoms with Crippen LogP contribution in [0.4, 0.5) is 23.1 Å². The Morgan fingerprint density at radius 3 is 2.41 bits per heavy atom. The van der Waals surface area contributed by atoms with Gasteiger partial charge in [0.1, 0.15) is 11.6 Å². The number of nitrogens with zero attached hydrogens (tertiary/aromatic N) is 3. The first-order valence-corrected chi connectivity index (χ1v) is 18.8. The van der Waals surface area contributed by atoms with Crippen molar-refractivity contribution in [2.75, 3.05) is 30.8 Å². The summed E-state index contributed by atoms with van der Waals surface area (Å²) in [5.74, 6) is 1.98. The minimum absolute atomic E-state index is 0.00817. The Morgan fingerprint density at radius 2 is 1.69 bits per heavy atom. The van der Waals surface area contributed by atoms with Crippen LogP contribution in [0.1, 0.15) is 95.2 Å². The van der Waals surface area contributed by atoms with Crippen LogP contribution in [0.5, 0.6) is 5.75 Å². The van der Waals surface area contributed by atoms with Crippen LogP contribution in [0.3, 0.4) is 0 Å². The van der Waals surface area contributed by atoms with Crippen molar-refractivity contribution in [2.45, 2.75) is 109 Å². The van der Waals surface area contributed by atoms with Gasteiger partial charge in [-0.15, -0.1) is 0 Å². The second kappa shape index (κ2) is 17.0. The number of amides is 2. The number of anilines is 4. The van der Waals surface area contributed by atoms with Crippen LogP contribution in [0.2, 0.25) is 0 Å². The van der Waals surface area contributed by atoms with Gasteiger partial charge in [-0.05, 0) is 115 Å². The third-order valence-corrected chi connectivity index (χ3v) is 11.1. The van der Waals surface area contributed by atoms with E-state index < -0.39 is 15.1 Å². The van der Waals surface area contributed by atoms with Gasteiger partial charge < -0.3 is 25.6 Å². The number of aromatic nitrogens is 2. The maximum atomic E-state index is 13.0. The number of carbonyl (C=O) groups excluding carboxylic acids is 2. The van der Waals surface area contributed by atoms with E-state index in [0.29, 0.717) is 55.4 Å². The van der Waals surface area contributed by atoms with E-state index in [9.17, 15) is 18.0 Å². The number of sulfone groups is 1. The van der Waals surface area contributed by atoms with E-state index in [-0.39, 0.29) is 28.7 Å². The molecule has 1 unspecified atom stereocenters. The smallest absolute Gasteiger partial charge is 0.229 e. The van der Waals surface area contributed by atoms with Crippen molar-refractivity contribution in [1.82, 2.24) is 20.2 Å². The second-order valence-corrected chi connectivity index (χ2v) is 15.8. The molecule has 0 radical (unpaired) electrons. The molecule has 4 rings (SSSR count). The van der Waals surface area contributed by atoms with Crippen molar-refractivity contribution >= 4 is 44.8 Å². The molecule has 1 atom stereocenters. The standard InChI is InChI=1S/C37H52N6O5S/c1-24(2)48-32-22-29(28-13-12-19-43(20-18-28)35(45)17-11-10-16-34(44)38-7)26(5)21-31(32)41-37-39-23-27(6)36(42-37)40-30-14-8-9-15-33(30)49(46,47)25(3)4/h8-9,14-15,21-25,28H,10-13,16-20H2,1-7H3,(H,38,44)(H2,39,40,41,42). The molecule has 1 aromatic heterocycles. The molecule has 2 amide bonds. The van der Waals surface area contributed by atoms with Crippen molar-refractivity contribution < 1.29 is 22.7 Å². The van der Waals surface area contributed by atoms with Crippen LogP contribution in [0, 0.1) is 13.8 Å². The first kappa shape index (κ1) is 37.6. The lowest BCUT2D eigenvalue weighted by atomic mass is 9.88. The number of hydrogen-bond donors (Lipinski definition) is 3. The van der Waals surface area contributed by atoms with Crippen molar-refractivity contribution in [1.29, 1.82) is 0 Å². The van der Waals surface area contributed by atoms with Gasteiger partial charge in [0.25, 0.3) is 0 Å². The first-order valence-electron chi connectivity index (χ1n) is 17.3. The van der Waals surface area contributed by atoms with Crippen molar-refractivity contribution in [3.8, 4) is 5.75 Å². The van der Waals surface area contributed by atoms with Crippen LogP contribution in [-0.4, -0.2) is 66.6 Å². The van der Waals surface area contributed by atoms with Gasteiger partial charge in [-0.25, -0.2) is 13.4 Å². The quantitative estimate of drug-likeness (QED) is 0.153. The summed E-state index contributed by atoms with van der Waals surface area (Å²) in [7, 11) is -1.89. The van der Waals surface area contributed by atoms with Crippen LogP contribution < -0.4 is 20.7 Å². The monoisotopic (exact) mass is 692 g/mol. The minimum Gasteiger partial charge on any atom is -0.489 e. The minimum atomic E-state index is -3.52. The maximum absolute atomic E-state index is 13.0. The molecule has 1 aliphatic heterocycles. The third-order valence-electron chi connectivity index (χ3n) is 8.86. The summed E-state index contributed by atoms with van der Waals surface area (Å²) in [6, 6.07) is 11.0. The summed E-state index contributed by atoms with van der Waals surface area (Å²) < 4.78 is 32.4. The zero-order valence-electron chi connectivity index (χ0n) is 29.9. The Labute approximate surface area is 291 Å².